The molecule has 1 N–H and O–H groups in total. The molecule has 0 saturated carbocycles. The van der Waals surface area contributed by atoms with Crippen molar-refractivity contribution in [2.24, 2.45) is 0 Å². The maximum atomic E-state index is 13.0. The molecule has 1 saturated heterocycles. The summed E-state index contributed by atoms with van der Waals surface area (Å²) in [6.07, 6.45) is 0. The lowest BCUT2D eigenvalue weighted by Crippen LogP contribution is -2.50. The van der Waals surface area contributed by atoms with Crippen LogP contribution in [-0.4, -0.2) is 74.1 Å². The van der Waals surface area contributed by atoms with Crippen LogP contribution in [0.1, 0.15) is 34.6 Å². The Hall–Kier alpha value is -3.13. The van der Waals surface area contributed by atoms with E-state index >= 15 is 0 Å². The highest BCUT2D eigenvalue weighted by molar-refractivity contribution is 5.95. The second-order valence-corrected chi connectivity index (χ2v) is 7.42. The summed E-state index contributed by atoms with van der Waals surface area (Å²) in [5.41, 5.74) is 1.01. The molecule has 0 bridgehead atoms. The Balaban J connectivity index is 1.46. The van der Waals surface area contributed by atoms with Crippen molar-refractivity contribution in [3.05, 3.63) is 59.4 Å². The van der Waals surface area contributed by atoms with E-state index in [1.165, 1.54) is 24.3 Å². The van der Waals surface area contributed by atoms with Gasteiger partial charge >= 0.3 is 0 Å². The van der Waals surface area contributed by atoms with Crippen LogP contribution in [0.3, 0.4) is 0 Å². The zero-order chi connectivity index (χ0) is 22.9. The highest BCUT2D eigenvalue weighted by Crippen LogP contribution is 2.29. The van der Waals surface area contributed by atoms with Gasteiger partial charge in [0.05, 0.1) is 13.2 Å². The molecule has 1 aliphatic heterocycles. The van der Waals surface area contributed by atoms with Crippen molar-refractivity contribution in [3.63, 3.8) is 0 Å². The maximum absolute atomic E-state index is 13.0. The molecule has 0 aromatic heterocycles. The Morgan fingerprint density at radius 2 is 1.53 bits per heavy atom. The first kappa shape index (κ1) is 23.5. The van der Waals surface area contributed by atoms with Gasteiger partial charge in [0, 0.05) is 50.4 Å². The van der Waals surface area contributed by atoms with E-state index in [1.807, 2.05) is 18.7 Å². The van der Waals surface area contributed by atoms with Gasteiger partial charge in [-0.05, 0) is 56.3 Å². The van der Waals surface area contributed by atoms with Gasteiger partial charge in [-0.15, -0.1) is 0 Å². The summed E-state index contributed by atoms with van der Waals surface area (Å²) >= 11 is 0. The number of halogens is 1. The molecule has 8 heteroatoms. The summed E-state index contributed by atoms with van der Waals surface area (Å²) < 4.78 is 24.2. The summed E-state index contributed by atoms with van der Waals surface area (Å²) in [6.45, 7) is 8.68. The lowest BCUT2D eigenvalue weighted by molar-refractivity contribution is 0.0637. The summed E-state index contributed by atoms with van der Waals surface area (Å²) in [5.74, 6) is 0.597. The van der Waals surface area contributed by atoms with Gasteiger partial charge in [-0.3, -0.25) is 14.5 Å². The topological polar surface area (TPSA) is 71.1 Å². The summed E-state index contributed by atoms with van der Waals surface area (Å²) in [7, 11) is 0. The van der Waals surface area contributed by atoms with E-state index in [1.54, 1.807) is 18.2 Å². The zero-order valence-corrected chi connectivity index (χ0v) is 18.6. The van der Waals surface area contributed by atoms with Gasteiger partial charge in [0.25, 0.3) is 11.8 Å². The van der Waals surface area contributed by atoms with Crippen molar-refractivity contribution >= 4 is 11.8 Å². The molecule has 1 aliphatic rings. The quantitative estimate of drug-likeness (QED) is 0.645. The van der Waals surface area contributed by atoms with Gasteiger partial charge in [0.2, 0.25) is 0 Å². The summed E-state index contributed by atoms with van der Waals surface area (Å²) in [5, 5.41) is 2.85. The maximum Gasteiger partial charge on any atom is 0.254 e. The number of rotatable bonds is 9. The molecule has 1 fully saturated rings. The summed E-state index contributed by atoms with van der Waals surface area (Å²) in [4.78, 5) is 29.1. The van der Waals surface area contributed by atoms with Gasteiger partial charge in [0.1, 0.15) is 5.82 Å². The number of ether oxygens (including phenoxy) is 2. The predicted molar refractivity (Wildman–Crippen MR) is 120 cm³/mol. The number of piperazine rings is 1. The lowest BCUT2D eigenvalue weighted by Gasteiger charge is -2.34. The van der Waals surface area contributed by atoms with E-state index < -0.39 is 0 Å². The fourth-order valence-corrected chi connectivity index (χ4v) is 3.57. The highest BCUT2D eigenvalue weighted by Gasteiger charge is 2.23. The highest BCUT2D eigenvalue weighted by atomic mass is 19.1. The number of hydrogen-bond acceptors (Lipinski definition) is 5. The fourth-order valence-electron chi connectivity index (χ4n) is 3.57. The smallest absolute Gasteiger partial charge is 0.254 e. The number of hydrogen-bond donors (Lipinski definition) is 1. The van der Waals surface area contributed by atoms with Crippen molar-refractivity contribution in [2.45, 2.75) is 13.8 Å². The molecule has 0 aliphatic carbocycles. The standard InChI is InChI=1S/C24H30FN3O4/c1-3-31-21-10-7-19(17-22(21)32-4-2)24(30)28-15-13-27(14-16-28)12-11-26-23(29)18-5-8-20(25)9-6-18/h5-10,17H,3-4,11-16H2,1-2H3,(H,26,29). The SMILES string of the molecule is CCOc1ccc(C(=O)N2CCN(CCNC(=O)c3ccc(F)cc3)CC2)cc1OCC. The van der Waals surface area contributed by atoms with Crippen LogP contribution in [-0.2, 0) is 0 Å². The molecule has 0 spiro atoms. The second-order valence-electron chi connectivity index (χ2n) is 7.42. The third kappa shape index (κ3) is 6.20. The monoisotopic (exact) mass is 443 g/mol. The van der Waals surface area contributed by atoms with Crippen LogP contribution < -0.4 is 14.8 Å². The first-order valence-corrected chi connectivity index (χ1v) is 11.0. The predicted octanol–water partition coefficient (Wildman–Crippen LogP) is 2.81. The van der Waals surface area contributed by atoms with E-state index in [0.717, 1.165) is 13.1 Å². The first-order valence-electron chi connectivity index (χ1n) is 11.0. The van der Waals surface area contributed by atoms with Gasteiger partial charge in [-0.25, -0.2) is 4.39 Å². The van der Waals surface area contributed by atoms with Crippen LogP contribution in [0.5, 0.6) is 11.5 Å². The molecule has 172 valence electrons. The van der Waals surface area contributed by atoms with Gasteiger partial charge in [0.15, 0.2) is 11.5 Å². The second kappa shape index (κ2) is 11.5. The minimum absolute atomic E-state index is 0.0294. The normalized spacial score (nSPS) is 14.2. The molecule has 3 rings (SSSR count). The number of carbonyl (C=O) groups excluding carboxylic acids is 2. The number of nitrogens with zero attached hydrogens (tertiary/aromatic N) is 2. The van der Waals surface area contributed by atoms with E-state index in [0.29, 0.717) is 62.0 Å². The molecule has 7 nitrogen and oxygen atoms in total. The molecule has 1 heterocycles. The van der Waals surface area contributed by atoms with Crippen LogP contribution in [0.4, 0.5) is 4.39 Å². The van der Waals surface area contributed by atoms with E-state index in [9.17, 15) is 14.0 Å². The molecule has 0 radical (unpaired) electrons. The molecular formula is C24H30FN3O4. The third-order valence-electron chi connectivity index (χ3n) is 5.27. The van der Waals surface area contributed by atoms with E-state index in [-0.39, 0.29) is 17.6 Å². The lowest BCUT2D eigenvalue weighted by atomic mass is 10.1. The minimum atomic E-state index is -0.367. The average molecular weight is 444 g/mol. The van der Waals surface area contributed by atoms with E-state index in [4.69, 9.17) is 9.47 Å². The van der Waals surface area contributed by atoms with Crippen LogP contribution in [0, 0.1) is 5.82 Å². The Labute approximate surface area is 188 Å². The Morgan fingerprint density at radius 1 is 0.906 bits per heavy atom. The number of amides is 2. The van der Waals surface area contributed by atoms with Crippen molar-refractivity contribution in [3.8, 4) is 11.5 Å². The van der Waals surface area contributed by atoms with Gasteiger partial charge in [-0.1, -0.05) is 0 Å². The van der Waals surface area contributed by atoms with Crippen molar-refractivity contribution < 1.29 is 23.5 Å². The Morgan fingerprint density at radius 3 is 2.19 bits per heavy atom. The fraction of sp³-hybridized carbons (Fsp3) is 0.417. The van der Waals surface area contributed by atoms with Crippen LogP contribution in [0.2, 0.25) is 0 Å². The largest absolute Gasteiger partial charge is 0.490 e. The molecule has 0 unspecified atom stereocenters. The number of benzene rings is 2. The summed E-state index contributed by atoms with van der Waals surface area (Å²) in [6, 6.07) is 10.8. The Bertz CT molecular complexity index is 912. The number of nitrogens with one attached hydrogen (secondary N) is 1. The first-order chi connectivity index (χ1) is 15.5. The molecule has 2 aromatic rings. The zero-order valence-electron chi connectivity index (χ0n) is 18.6. The Kier molecular flexibility index (Phi) is 8.44. The average Bonchev–Trinajstić information content (AvgIpc) is 2.81. The van der Waals surface area contributed by atoms with Crippen LogP contribution in [0.25, 0.3) is 0 Å². The van der Waals surface area contributed by atoms with Crippen LogP contribution >= 0.6 is 0 Å². The number of carbonyl (C=O) groups is 2. The third-order valence-corrected chi connectivity index (χ3v) is 5.27. The van der Waals surface area contributed by atoms with Crippen molar-refractivity contribution in [1.29, 1.82) is 0 Å². The molecule has 32 heavy (non-hydrogen) atoms. The molecule has 2 aromatic carbocycles. The van der Waals surface area contributed by atoms with Crippen molar-refractivity contribution in [2.75, 3.05) is 52.5 Å². The molecular weight excluding hydrogens is 413 g/mol. The molecule has 0 atom stereocenters. The molecule has 2 amide bonds. The van der Waals surface area contributed by atoms with E-state index in [2.05, 4.69) is 10.2 Å². The van der Waals surface area contributed by atoms with Gasteiger partial charge in [-0.2, -0.15) is 0 Å². The van der Waals surface area contributed by atoms with Crippen LogP contribution in [0.15, 0.2) is 42.5 Å². The van der Waals surface area contributed by atoms with Gasteiger partial charge < -0.3 is 19.7 Å². The minimum Gasteiger partial charge on any atom is -0.490 e. The van der Waals surface area contributed by atoms with Crippen molar-refractivity contribution in [1.82, 2.24) is 15.1 Å².